The van der Waals surface area contributed by atoms with Crippen molar-refractivity contribution in [2.24, 2.45) is 10.7 Å². The van der Waals surface area contributed by atoms with Crippen LogP contribution in [0.25, 0.3) is 10.6 Å². The molecule has 1 atom stereocenters. The molecule has 5 rings (SSSR count). The van der Waals surface area contributed by atoms with Gasteiger partial charge in [-0.2, -0.15) is 0 Å². The highest BCUT2D eigenvalue weighted by atomic mass is 32.1. The van der Waals surface area contributed by atoms with Crippen LogP contribution in [0.5, 0.6) is 0 Å². The maximum atomic E-state index is 13.2. The van der Waals surface area contributed by atoms with E-state index in [4.69, 9.17) is 15.5 Å². The molecule has 1 amide bonds. The van der Waals surface area contributed by atoms with Crippen LogP contribution >= 0.6 is 11.3 Å². The molecule has 0 bridgehead atoms. The van der Waals surface area contributed by atoms with Gasteiger partial charge in [-0.3, -0.25) is 9.79 Å². The Hall–Kier alpha value is -2.78. The molecule has 0 radical (unpaired) electrons. The number of anilines is 1. The van der Waals surface area contributed by atoms with Crippen molar-refractivity contribution >= 4 is 29.3 Å². The second kappa shape index (κ2) is 9.38. The zero-order valence-corrected chi connectivity index (χ0v) is 18.9. The Morgan fingerprint density at radius 1 is 1.22 bits per heavy atom. The van der Waals surface area contributed by atoms with Crippen LogP contribution in [0.3, 0.4) is 0 Å². The first kappa shape index (κ1) is 21.1. The lowest BCUT2D eigenvalue weighted by molar-refractivity contribution is 0.0226. The number of carbonyl (C=O) groups is 1. The standard InChI is InChI=1S/C23H28N6O2S/c24-13-17(15-26-20-5-1-4-12-31-20)29-11-8-18-21(23(29)30)32-22(27-18)16-6-7-19(25-14-16)28-9-2-3-10-28/h6-7,13-15,20H,1-5,8-12,24H2/b17-13+,26-15+. The fourth-order valence-corrected chi connectivity index (χ4v) is 5.40. The van der Waals surface area contributed by atoms with Crippen LogP contribution in [-0.4, -0.2) is 59.5 Å². The Bertz CT molecular complexity index is 1020. The summed E-state index contributed by atoms with van der Waals surface area (Å²) in [4.78, 5) is 31.8. The van der Waals surface area contributed by atoms with Crippen LogP contribution in [0.2, 0.25) is 0 Å². The molecular formula is C23H28N6O2S. The van der Waals surface area contributed by atoms with Crippen LogP contribution in [0, 0.1) is 0 Å². The number of nitrogens with two attached hydrogens (primary N) is 1. The summed E-state index contributed by atoms with van der Waals surface area (Å²) >= 11 is 1.42. The molecule has 2 fully saturated rings. The summed E-state index contributed by atoms with van der Waals surface area (Å²) < 4.78 is 5.65. The van der Waals surface area contributed by atoms with E-state index in [1.165, 1.54) is 30.4 Å². The van der Waals surface area contributed by atoms with Gasteiger partial charge in [0.1, 0.15) is 21.9 Å². The SMILES string of the molecule is N/C=C(\C=N\C1CCCCO1)N1CCc2nc(-c3ccc(N4CCCC4)nc3)sc2C1=O. The van der Waals surface area contributed by atoms with Crippen LogP contribution in [0.1, 0.15) is 47.5 Å². The maximum absolute atomic E-state index is 13.2. The first-order valence-electron chi connectivity index (χ1n) is 11.3. The number of aromatic nitrogens is 2. The summed E-state index contributed by atoms with van der Waals surface area (Å²) in [5, 5.41) is 0.827. The molecule has 168 valence electrons. The second-order valence-electron chi connectivity index (χ2n) is 8.29. The van der Waals surface area contributed by atoms with Gasteiger partial charge in [0, 0.05) is 56.8 Å². The van der Waals surface area contributed by atoms with E-state index in [0.717, 1.165) is 61.0 Å². The molecule has 2 aromatic rings. The lowest BCUT2D eigenvalue weighted by Crippen LogP contribution is -2.37. The highest BCUT2D eigenvalue weighted by Crippen LogP contribution is 2.33. The lowest BCUT2D eigenvalue weighted by atomic mass is 10.1. The number of fused-ring (bicyclic) bond motifs is 1. The minimum atomic E-state index is -0.153. The van der Waals surface area contributed by atoms with Gasteiger partial charge in [0.2, 0.25) is 0 Å². The number of aliphatic imine (C=N–C) groups is 1. The molecule has 2 N–H and O–H groups in total. The van der Waals surface area contributed by atoms with Crippen molar-refractivity contribution in [1.29, 1.82) is 0 Å². The molecule has 1 unspecified atom stereocenters. The fraction of sp³-hybridized carbons (Fsp3) is 0.478. The molecule has 9 heteroatoms. The van der Waals surface area contributed by atoms with E-state index in [0.29, 0.717) is 23.5 Å². The van der Waals surface area contributed by atoms with Crippen molar-refractivity contribution in [1.82, 2.24) is 14.9 Å². The third-order valence-electron chi connectivity index (χ3n) is 6.14. The van der Waals surface area contributed by atoms with Crippen molar-refractivity contribution < 1.29 is 9.53 Å². The van der Waals surface area contributed by atoms with Gasteiger partial charge >= 0.3 is 0 Å². The second-order valence-corrected chi connectivity index (χ2v) is 9.29. The van der Waals surface area contributed by atoms with E-state index in [9.17, 15) is 4.79 Å². The van der Waals surface area contributed by atoms with Crippen LogP contribution in [0.4, 0.5) is 5.82 Å². The summed E-state index contributed by atoms with van der Waals surface area (Å²) in [5.41, 5.74) is 8.24. The van der Waals surface area contributed by atoms with Gasteiger partial charge < -0.3 is 20.3 Å². The smallest absolute Gasteiger partial charge is 0.270 e. The zero-order chi connectivity index (χ0) is 21.9. The zero-order valence-electron chi connectivity index (χ0n) is 18.1. The molecule has 0 saturated carbocycles. The monoisotopic (exact) mass is 452 g/mol. The number of hydrogen-bond acceptors (Lipinski definition) is 8. The molecule has 2 aromatic heterocycles. The van der Waals surface area contributed by atoms with Crippen molar-refractivity contribution in [2.75, 3.05) is 31.1 Å². The Kier molecular flexibility index (Phi) is 6.18. The quantitative estimate of drug-likeness (QED) is 0.700. The van der Waals surface area contributed by atoms with Crippen LogP contribution in [-0.2, 0) is 11.2 Å². The van der Waals surface area contributed by atoms with Crippen molar-refractivity contribution in [3.63, 3.8) is 0 Å². The number of pyridine rings is 1. The van der Waals surface area contributed by atoms with Crippen LogP contribution in [0.15, 0.2) is 35.2 Å². The summed E-state index contributed by atoms with van der Waals surface area (Å²) in [6.45, 7) is 3.39. The number of rotatable bonds is 5. The molecular weight excluding hydrogens is 424 g/mol. The molecule has 3 aliphatic heterocycles. The number of carbonyl (C=O) groups excluding carboxylic acids is 1. The van der Waals surface area contributed by atoms with Gasteiger partial charge in [-0.05, 0) is 44.2 Å². The normalized spacial score (nSPS) is 22.1. The van der Waals surface area contributed by atoms with E-state index in [1.807, 2.05) is 12.3 Å². The van der Waals surface area contributed by atoms with Gasteiger partial charge in [0.25, 0.3) is 5.91 Å². The highest BCUT2D eigenvalue weighted by molar-refractivity contribution is 7.17. The van der Waals surface area contributed by atoms with Gasteiger partial charge in [-0.15, -0.1) is 11.3 Å². The number of allylic oxidation sites excluding steroid dienone is 1. The van der Waals surface area contributed by atoms with E-state index in [-0.39, 0.29) is 12.1 Å². The first-order chi connectivity index (χ1) is 15.7. The minimum absolute atomic E-state index is 0.0793. The third-order valence-corrected chi connectivity index (χ3v) is 7.28. The number of thiazole rings is 1. The van der Waals surface area contributed by atoms with Crippen LogP contribution < -0.4 is 10.6 Å². The Labute approximate surface area is 191 Å². The molecule has 8 nitrogen and oxygen atoms in total. The van der Waals surface area contributed by atoms with Gasteiger partial charge in [0.15, 0.2) is 0 Å². The average Bonchev–Trinajstić information content (AvgIpc) is 3.52. The molecule has 3 aliphatic rings. The number of nitrogens with zero attached hydrogens (tertiary/aromatic N) is 5. The Morgan fingerprint density at radius 2 is 2.09 bits per heavy atom. The summed E-state index contributed by atoms with van der Waals surface area (Å²) in [5.74, 6) is 0.929. The van der Waals surface area contributed by atoms with Gasteiger partial charge in [0.05, 0.1) is 11.4 Å². The Morgan fingerprint density at radius 3 is 2.81 bits per heavy atom. The summed E-state index contributed by atoms with van der Waals surface area (Å²) in [6.07, 6.45) is 11.0. The number of hydrogen-bond donors (Lipinski definition) is 1. The lowest BCUT2D eigenvalue weighted by Gasteiger charge is -2.26. The number of amides is 1. The van der Waals surface area contributed by atoms with Crippen molar-refractivity contribution in [2.45, 2.75) is 44.8 Å². The van der Waals surface area contributed by atoms with Gasteiger partial charge in [-0.25, -0.2) is 9.97 Å². The average molecular weight is 453 g/mol. The predicted octanol–water partition coefficient (Wildman–Crippen LogP) is 3.20. The molecule has 5 heterocycles. The third kappa shape index (κ3) is 4.27. The fourth-order valence-electron chi connectivity index (χ4n) is 4.35. The van der Waals surface area contributed by atoms with Crippen molar-refractivity contribution in [3.8, 4) is 10.6 Å². The molecule has 32 heavy (non-hydrogen) atoms. The largest absolute Gasteiger partial charge is 0.403 e. The van der Waals surface area contributed by atoms with Gasteiger partial charge in [-0.1, -0.05) is 0 Å². The topological polar surface area (TPSA) is 96.9 Å². The molecule has 0 spiro atoms. The molecule has 0 aliphatic carbocycles. The highest BCUT2D eigenvalue weighted by Gasteiger charge is 2.30. The van der Waals surface area contributed by atoms with E-state index in [2.05, 4.69) is 20.9 Å². The maximum Gasteiger partial charge on any atom is 0.270 e. The summed E-state index contributed by atoms with van der Waals surface area (Å²) in [6, 6.07) is 4.10. The molecule has 0 aromatic carbocycles. The summed E-state index contributed by atoms with van der Waals surface area (Å²) in [7, 11) is 0. The molecule has 2 saturated heterocycles. The van der Waals surface area contributed by atoms with E-state index >= 15 is 0 Å². The van der Waals surface area contributed by atoms with Crippen molar-refractivity contribution in [3.05, 3.63) is 40.8 Å². The predicted molar refractivity (Wildman–Crippen MR) is 126 cm³/mol. The van der Waals surface area contributed by atoms with E-state index in [1.54, 1.807) is 11.1 Å². The Balaban J connectivity index is 1.31. The van der Waals surface area contributed by atoms with E-state index < -0.39 is 0 Å². The first-order valence-corrected chi connectivity index (χ1v) is 12.1. The minimum Gasteiger partial charge on any atom is -0.403 e. The number of ether oxygens (including phenoxy) is 1.